The van der Waals surface area contributed by atoms with E-state index in [0.29, 0.717) is 44.0 Å². The summed E-state index contributed by atoms with van der Waals surface area (Å²) in [6.45, 7) is 8.18. The van der Waals surface area contributed by atoms with Crippen molar-refractivity contribution >= 4 is 5.97 Å². The van der Waals surface area contributed by atoms with Gasteiger partial charge in [-0.25, -0.2) is 0 Å². The Morgan fingerprint density at radius 2 is 1.97 bits per heavy atom. The molecule has 5 nitrogen and oxygen atoms in total. The molecule has 31 heavy (non-hydrogen) atoms. The highest BCUT2D eigenvalue weighted by Gasteiger charge is 2.43. The number of halogens is 3. The molecule has 0 saturated carbocycles. The molecule has 1 aliphatic heterocycles. The summed E-state index contributed by atoms with van der Waals surface area (Å²) in [5, 5.41) is 7.40. The van der Waals surface area contributed by atoms with Gasteiger partial charge in [0, 0.05) is 12.2 Å². The molecular weight excluding hydrogens is 407 g/mol. The Morgan fingerprint density at radius 3 is 2.55 bits per heavy atom. The number of ether oxygens (including phenoxy) is 1. The number of piperidine rings is 1. The summed E-state index contributed by atoms with van der Waals surface area (Å²) in [7, 11) is 0. The molecule has 0 radical (unpaired) electrons. The van der Waals surface area contributed by atoms with Gasteiger partial charge in [-0.2, -0.15) is 18.3 Å². The second-order valence-electron chi connectivity index (χ2n) is 8.62. The first-order chi connectivity index (χ1) is 14.6. The normalized spacial score (nSPS) is 17.1. The second kappa shape index (κ2) is 9.42. The molecule has 0 atom stereocenters. The molecule has 1 saturated heterocycles. The molecule has 1 aromatic carbocycles. The molecule has 1 N–H and O–H groups in total. The zero-order chi connectivity index (χ0) is 22.6. The molecule has 2 heterocycles. The molecule has 8 heteroatoms. The standard InChI is InChI=1S/C23H30F3N3O2/c1-4-31-21(30)22(14-17-6-5-7-18(12-17)23(24,25)26)8-10-29(11-9-22)15-19-13-20(16(2)3)28-27-19/h5-7,12-13,16H,4,8-11,14-15H2,1-3H3,(H,27,28). The molecule has 1 aromatic heterocycles. The van der Waals surface area contributed by atoms with Crippen LogP contribution in [0.4, 0.5) is 13.2 Å². The number of H-pyrrole nitrogens is 1. The minimum Gasteiger partial charge on any atom is -0.466 e. The number of hydrogen-bond donors (Lipinski definition) is 1. The van der Waals surface area contributed by atoms with E-state index in [0.717, 1.165) is 23.5 Å². The summed E-state index contributed by atoms with van der Waals surface area (Å²) < 4.78 is 44.7. The second-order valence-corrected chi connectivity index (χ2v) is 8.62. The maximum atomic E-state index is 13.1. The number of aromatic amines is 1. The van der Waals surface area contributed by atoms with Crippen molar-refractivity contribution < 1.29 is 22.7 Å². The van der Waals surface area contributed by atoms with E-state index >= 15 is 0 Å². The van der Waals surface area contributed by atoms with Crippen LogP contribution in [0.2, 0.25) is 0 Å². The average molecular weight is 438 g/mol. The van der Waals surface area contributed by atoms with Crippen molar-refractivity contribution in [3.05, 3.63) is 52.8 Å². The van der Waals surface area contributed by atoms with E-state index in [4.69, 9.17) is 4.74 Å². The first-order valence-electron chi connectivity index (χ1n) is 10.7. The van der Waals surface area contributed by atoms with Gasteiger partial charge in [0.1, 0.15) is 0 Å². The number of rotatable bonds is 7. The van der Waals surface area contributed by atoms with Crippen LogP contribution < -0.4 is 0 Å². The third-order valence-electron chi connectivity index (χ3n) is 5.95. The lowest BCUT2D eigenvalue weighted by atomic mass is 9.73. The summed E-state index contributed by atoms with van der Waals surface area (Å²) >= 11 is 0. The van der Waals surface area contributed by atoms with E-state index in [1.807, 2.05) is 0 Å². The Morgan fingerprint density at radius 1 is 1.26 bits per heavy atom. The first kappa shape index (κ1) is 23.3. The number of aromatic nitrogens is 2. The van der Waals surface area contributed by atoms with Gasteiger partial charge in [-0.1, -0.05) is 32.0 Å². The van der Waals surface area contributed by atoms with Gasteiger partial charge in [0.2, 0.25) is 0 Å². The Labute approximate surface area is 181 Å². The fourth-order valence-electron chi connectivity index (χ4n) is 4.12. The lowest BCUT2D eigenvalue weighted by Gasteiger charge is -2.40. The largest absolute Gasteiger partial charge is 0.466 e. The third-order valence-corrected chi connectivity index (χ3v) is 5.95. The summed E-state index contributed by atoms with van der Waals surface area (Å²) in [6, 6.07) is 7.31. The van der Waals surface area contributed by atoms with E-state index in [2.05, 4.69) is 35.0 Å². The number of likely N-dealkylation sites (tertiary alicyclic amines) is 1. The topological polar surface area (TPSA) is 58.2 Å². The van der Waals surface area contributed by atoms with Crippen LogP contribution in [-0.2, 0) is 28.7 Å². The number of alkyl halides is 3. The lowest BCUT2D eigenvalue weighted by Crippen LogP contribution is -2.46. The maximum Gasteiger partial charge on any atom is 0.416 e. The van der Waals surface area contributed by atoms with Crippen LogP contribution in [0.5, 0.6) is 0 Å². The van der Waals surface area contributed by atoms with Crippen LogP contribution in [0.3, 0.4) is 0 Å². The summed E-state index contributed by atoms with van der Waals surface area (Å²) in [4.78, 5) is 15.1. The molecule has 1 aliphatic rings. The van der Waals surface area contributed by atoms with E-state index < -0.39 is 17.2 Å². The minimum atomic E-state index is -4.41. The lowest BCUT2D eigenvalue weighted by molar-refractivity contribution is -0.158. The molecule has 170 valence electrons. The van der Waals surface area contributed by atoms with Crippen molar-refractivity contribution in [3.8, 4) is 0 Å². The van der Waals surface area contributed by atoms with Crippen molar-refractivity contribution in [2.75, 3.05) is 19.7 Å². The van der Waals surface area contributed by atoms with Crippen LogP contribution in [0.1, 0.15) is 62.0 Å². The van der Waals surface area contributed by atoms with E-state index in [-0.39, 0.29) is 19.0 Å². The third kappa shape index (κ3) is 5.67. The van der Waals surface area contributed by atoms with Gasteiger partial charge in [0.05, 0.1) is 23.3 Å². The number of nitrogens with zero attached hydrogens (tertiary/aromatic N) is 2. The van der Waals surface area contributed by atoms with Crippen LogP contribution in [0.15, 0.2) is 30.3 Å². The number of esters is 1. The summed E-state index contributed by atoms with van der Waals surface area (Å²) in [6.07, 6.45) is -3.10. The fraction of sp³-hybridized carbons (Fsp3) is 0.565. The van der Waals surface area contributed by atoms with E-state index in [9.17, 15) is 18.0 Å². The smallest absolute Gasteiger partial charge is 0.416 e. The molecule has 0 bridgehead atoms. The van der Waals surface area contributed by atoms with Crippen LogP contribution in [0.25, 0.3) is 0 Å². The van der Waals surface area contributed by atoms with E-state index in [1.54, 1.807) is 13.0 Å². The van der Waals surface area contributed by atoms with Gasteiger partial charge in [-0.3, -0.25) is 14.8 Å². The van der Waals surface area contributed by atoms with Gasteiger partial charge in [0.15, 0.2) is 0 Å². The molecule has 3 rings (SSSR count). The van der Waals surface area contributed by atoms with Crippen molar-refractivity contribution in [2.45, 2.75) is 58.7 Å². The highest BCUT2D eigenvalue weighted by atomic mass is 19.4. The summed E-state index contributed by atoms with van der Waals surface area (Å²) in [5.74, 6) is 0.0194. The van der Waals surface area contributed by atoms with Crippen molar-refractivity contribution in [1.82, 2.24) is 15.1 Å². The predicted octanol–water partition coefficient (Wildman–Crippen LogP) is 4.94. The molecular formula is C23H30F3N3O2. The molecule has 0 aliphatic carbocycles. The Kier molecular flexibility index (Phi) is 7.09. The summed E-state index contributed by atoms with van der Waals surface area (Å²) in [5.41, 5.74) is 1.03. The fourth-order valence-corrected chi connectivity index (χ4v) is 4.12. The quantitative estimate of drug-likeness (QED) is 0.624. The molecule has 0 spiro atoms. The molecule has 0 amide bonds. The van der Waals surface area contributed by atoms with Gasteiger partial charge in [-0.05, 0) is 62.9 Å². The Hall–Kier alpha value is -2.35. The van der Waals surface area contributed by atoms with Gasteiger partial charge in [-0.15, -0.1) is 0 Å². The van der Waals surface area contributed by atoms with Crippen LogP contribution in [-0.4, -0.2) is 40.8 Å². The minimum absolute atomic E-state index is 0.241. The average Bonchev–Trinajstić information content (AvgIpc) is 3.18. The van der Waals surface area contributed by atoms with E-state index in [1.165, 1.54) is 6.07 Å². The highest BCUT2D eigenvalue weighted by molar-refractivity contribution is 5.77. The van der Waals surface area contributed by atoms with Crippen molar-refractivity contribution in [2.24, 2.45) is 5.41 Å². The predicted molar refractivity (Wildman–Crippen MR) is 111 cm³/mol. The maximum absolute atomic E-state index is 13.1. The monoisotopic (exact) mass is 437 g/mol. The number of carbonyl (C=O) groups excluding carboxylic acids is 1. The number of carbonyl (C=O) groups is 1. The number of nitrogens with one attached hydrogen (secondary N) is 1. The first-order valence-corrected chi connectivity index (χ1v) is 10.7. The van der Waals surface area contributed by atoms with Crippen LogP contribution in [0, 0.1) is 5.41 Å². The van der Waals surface area contributed by atoms with Gasteiger partial charge < -0.3 is 4.74 Å². The molecule has 2 aromatic rings. The Bertz CT molecular complexity index is 884. The molecule has 1 fully saturated rings. The number of hydrogen-bond acceptors (Lipinski definition) is 4. The molecule has 0 unspecified atom stereocenters. The van der Waals surface area contributed by atoms with Gasteiger partial charge in [0.25, 0.3) is 0 Å². The highest BCUT2D eigenvalue weighted by Crippen LogP contribution is 2.38. The van der Waals surface area contributed by atoms with Gasteiger partial charge >= 0.3 is 12.1 Å². The van der Waals surface area contributed by atoms with Crippen molar-refractivity contribution in [1.29, 1.82) is 0 Å². The number of benzene rings is 1. The Balaban J connectivity index is 1.72. The van der Waals surface area contributed by atoms with Crippen molar-refractivity contribution in [3.63, 3.8) is 0 Å². The zero-order valence-electron chi connectivity index (χ0n) is 18.3. The zero-order valence-corrected chi connectivity index (χ0v) is 18.3. The SMILES string of the molecule is CCOC(=O)C1(Cc2cccc(C(F)(F)F)c2)CCN(Cc2cc(C(C)C)n[nH]2)CC1. The van der Waals surface area contributed by atoms with Crippen LogP contribution >= 0.6 is 0 Å².